The first kappa shape index (κ1) is 22.1. The Morgan fingerprint density at radius 3 is 2.53 bits per heavy atom. The lowest BCUT2D eigenvalue weighted by Gasteiger charge is -2.14. The van der Waals surface area contributed by atoms with Crippen molar-refractivity contribution in [2.45, 2.75) is 23.5 Å². The minimum Gasteiger partial charge on any atom is -0.325 e. The van der Waals surface area contributed by atoms with E-state index in [0.717, 1.165) is 22.7 Å². The Balaban J connectivity index is 1.57. The molecule has 0 fully saturated rings. The average molecular weight is 475 g/mol. The third-order valence-corrected chi connectivity index (χ3v) is 6.41. The molecule has 2 aromatic carbocycles. The molecule has 1 unspecified atom stereocenters. The largest absolute Gasteiger partial charge is 0.416 e. The van der Waals surface area contributed by atoms with Crippen molar-refractivity contribution < 1.29 is 18.0 Å². The summed E-state index contributed by atoms with van der Waals surface area (Å²) in [5.74, 6) is 0.216. The number of carbonyl (C=O) groups is 1. The summed E-state index contributed by atoms with van der Waals surface area (Å²) in [6.07, 6.45) is -4.48. The number of rotatable bonds is 6. The second-order valence-electron chi connectivity index (χ2n) is 6.78. The van der Waals surface area contributed by atoms with Crippen molar-refractivity contribution in [2.24, 2.45) is 0 Å². The van der Waals surface area contributed by atoms with Crippen LogP contribution in [-0.4, -0.2) is 25.9 Å². The molecule has 5 nitrogen and oxygen atoms in total. The third-order valence-electron chi connectivity index (χ3n) is 4.50. The number of amides is 1. The maximum atomic E-state index is 12.9. The Morgan fingerprint density at radius 2 is 1.84 bits per heavy atom. The van der Waals surface area contributed by atoms with Gasteiger partial charge in [0.15, 0.2) is 11.0 Å². The van der Waals surface area contributed by atoms with E-state index >= 15 is 0 Å². The fraction of sp³-hybridized carbons (Fsp3) is 0.136. The van der Waals surface area contributed by atoms with Crippen molar-refractivity contribution in [3.05, 3.63) is 77.7 Å². The summed E-state index contributed by atoms with van der Waals surface area (Å²) in [5, 5.41) is 13.0. The number of para-hydroxylation sites is 1. The number of hydrogen-bond donors (Lipinski definition) is 1. The molecule has 32 heavy (non-hydrogen) atoms. The Labute approximate surface area is 190 Å². The van der Waals surface area contributed by atoms with E-state index in [1.54, 1.807) is 6.92 Å². The van der Waals surface area contributed by atoms with E-state index in [1.165, 1.54) is 35.2 Å². The van der Waals surface area contributed by atoms with Gasteiger partial charge in [0.05, 0.1) is 15.7 Å². The molecule has 0 aliphatic heterocycles. The number of nitrogens with zero attached hydrogens (tertiary/aromatic N) is 3. The lowest BCUT2D eigenvalue weighted by molar-refractivity contribution is -0.137. The summed E-state index contributed by atoms with van der Waals surface area (Å²) in [5.41, 5.74) is 0.106. The fourth-order valence-electron chi connectivity index (χ4n) is 2.95. The molecule has 10 heteroatoms. The van der Waals surface area contributed by atoms with Crippen LogP contribution in [0.1, 0.15) is 12.5 Å². The highest BCUT2D eigenvalue weighted by molar-refractivity contribution is 8.00. The second-order valence-corrected chi connectivity index (χ2v) is 9.04. The van der Waals surface area contributed by atoms with Gasteiger partial charge in [-0.05, 0) is 48.7 Å². The summed E-state index contributed by atoms with van der Waals surface area (Å²) in [7, 11) is 0. The molecule has 0 spiro atoms. The highest BCUT2D eigenvalue weighted by Gasteiger charge is 2.30. The van der Waals surface area contributed by atoms with Gasteiger partial charge in [0, 0.05) is 11.4 Å². The molecule has 0 aliphatic carbocycles. The zero-order valence-electron chi connectivity index (χ0n) is 16.7. The van der Waals surface area contributed by atoms with Crippen LogP contribution in [0, 0.1) is 0 Å². The number of hydrogen-bond acceptors (Lipinski definition) is 5. The molecule has 4 aromatic rings. The first-order chi connectivity index (χ1) is 15.3. The maximum Gasteiger partial charge on any atom is 0.416 e. The molecule has 4 rings (SSSR count). The van der Waals surface area contributed by atoms with Crippen LogP contribution in [0.3, 0.4) is 0 Å². The SMILES string of the molecule is CC(Sc1nnc(-c2cccs2)n1-c1ccccc1)C(=O)Nc1cccc(C(F)(F)F)c1. The molecular weight excluding hydrogens is 457 g/mol. The highest BCUT2D eigenvalue weighted by Crippen LogP contribution is 2.33. The number of nitrogens with one attached hydrogen (secondary N) is 1. The Bertz CT molecular complexity index is 1210. The number of thioether (sulfide) groups is 1. The molecule has 1 N–H and O–H groups in total. The zero-order valence-corrected chi connectivity index (χ0v) is 18.3. The van der Waals surface area contributed by atoms with E-state index in [0.29, 0.717) is 11.0 Å². The van der Waals surface area contributed by atoms with E-state index in [-0.39, 0.29) is 5.69 Å². The van der Waals surface area contributed by atoms with Crippen molar-refractivity contribution in [1.29, 1.82) is 0 Å². The van der Waals surface area contributed by atoms with E-state index in [1.807, 2.05) is 52.4 Å². The van der Waals surface area contributed by atoms with Crippen LogP contribution in [0.2, 0.25) is 0 Å². The number of anilines is 1. The molecule has 164 valence electrons. The number of aromatic nitrogens is 3. The number of thiophene rings is 1. The number of alkyl halides is 3. The normalized spacial score (nSPS) is 12.5. The van der Waals surface area contributed by atoms with Crippen molar-refractivity contribution >= 4 is 34.7 Å². The minimum absolute atomic E-state index is 0.0843. The molecule has 0 saturated heterocycles. The molecule has 1 atom stereocenters. The van der Waals surface area contributed by atoms with Crippen LogP contribution in [-0.2, 0) is 11.0 Å². The van der Waals surface area contributed by atoms with Crippen LogP contribution >= 0.6 is 23.1 Å². The first-order valence-electron chi connectivity index (χ1n) is 9.52. The summed E-state index contributed by atoms with van der Waals surface area (Å²) in [6, 6.07) is 17.9. The second kappa shape index (κ2) is 9.17. The Morgan fingerprint density at radius 1 is 1.06 bits per heavy atom. The molecule has 1 amide bonds. The molecule has 2 heterocycles. The van der Waals surface area contributed by atoms with Gasteiger partial charge in [0.1, 0.15) is 0 Å². The van der Waals surface area contributed by atoms with Crippen LogP contribution < -0.4 is 5.32 Å². The van der Waals surface area contributed by atoms with E-state index < -0.39 is 22.9 Å². The van der Waals surface area contributed by atoms with Gasteiger partial charge >= 0.3 is 6.18 Å². The predicted molar refractivity (Wildman–Crippen MR) is 120 cm³/mol. The smallest absolute Gasteiger partial charge is 0.325 e. The first-order valence-corrected chi connectivity index (χ1v) is 11.3. The maximum absolute atomic E-state index is 12.9. The minimum atomic E-state index is -4.48. The van der Waals surface area contributed by atoms with E-state index in [4.69, 9.17) is 0 Å². The van der Waals surface area contributed by atoms with Gasteiger partial charge in [-0.3, -0.25) is 9.36 Å². The van der Waals surface area contributed by atoms with E-state index in [2.05, 4.69) is 15.5 Å². The van der Waals surface area contributed by atoms with Crippen molar-refractivity contribution in [1.82, 2.24) is 14.8 Å². The van der Waals surface area contributed by atoms with Gasteiger partial charge in [-0.25, -0.2) is 0 Å². The standard InChI is InChI=1S/C22H17F3N4OS2/c1-14(20(30)26-16-8-5-7-15(13-16)22(23,24)25)32-21-28-27-19(18-11-6-12-31-18)29(21)17-9-3-2-4-10-17/h2-14H,1H3,(H,26,30). The monoisotopic (exact) mass is 474 g/mol. The lowest BCUT2D eigenvalue weighted by atomic mass is 10.2. The Kier molecular flexibility index (Phi) is 6.33. The fourth-order valence-corrected chi connectivity index (χ4v) is 4.52. The summed E-state index contributed by atoms with van der Waals surface area (Å²) >= 11 is 2.70. The van der Waals surface area contributed by atoms with Gasteiger partial charge in [0.25, 0.3) is 0 Å². The van der Waals surface area contributed by atoms with Gasteiger partial charge in [-0.2, -0.15) is 13.2 Å². The number of halogens is 3. The van der Waals surface area contributed by atoms with Crippen molar-refractivity contribution in [2.75, 3.05) is 5.32 Å². The molecular formula is C22H17F3N4OS2. The number of benzene rings is 2. The summed E-state index contributed by atoms with van der Waals surface area (Å²) in [6.45, 7) is 1.67. The average Bonchev–Trinajstić information content (AvgIpc) is 3.44. The molecule has 0 bridgehead atoms. The lowest BCUT2D eigenvalue weighted by Crippen LogP contribution is -2.23. The molecule has 0 radical (unpaired) electrons. The van der Waals surface area contributed by atoms with E-state index in [9.17, 15) is 18.0 Å². The molecule has 2 aromatic heterocycles. The highest BCUT2D eigenvalue weighted by atomic mass is 32.2. The van der Waals surface area contributed by atoms with Crippen LogP contribution in [0.5, 0.6) is 0 Å². The summed E-state index contributed by atoms with van der Waals surface area (Å²) < 4.78 is 40.7. The molecule has 0 saturated carbocycles. The van der Waals surface area contributed by atoms with Crippen LogP contribution in [0.15, 0.2) is 77.3 Å². The Hall–Kier alpha value is -3.11. The predicted octanol–water partition coefficient (Wildman–Crippen LogP) is 6.13. The van der Waals surface area contributed by atoms with Gasteiger partial charge < -0.3 is 5.32 Å². The van der Waals surface area contributed by atoms with Crippen LogP contribution in [0.25, 0.3) is 16.4 Å². The van der Waals surface area contributed by atoms with Gasteiger partial charge in [0.2, 0.25) is 5.91 Å². The van der Waals surface area contributed by atoms with Crippen LogP contribution in [0.4, 0.5) is 18.9 Å². The van der Waals surface area contributed by atoms with Crippen molar-refractivity contribution in [3.8, 4) is 16.4 Å². The topological polar surface area (TPSA) is 59.8 Å². The molecule has 0 aliphatic rings. The number of carbonyl (C=O) groups excluding carboxylic acids is 1. The summed E-state index contributed by atoms with van der Waals surface area (Å²) in [4.78, 5) is 13.6. The third kappa shape index (κ3) is 4.86. The van der Waals surface area contributed by atoms with Crippen molar-refractivity contribution in [3.63, 3.8) is 0 Å². The van der Waals surface area contributed by atoms with Gasteiger partial charge in [-0.15, -0.1) is 21.5 Å². The van der Waals surface area contributed by atoms with Gasteiger partial charge in [-0.1, -0.05) is 42.1 Å². The quantitative estimate of drug-likeness (QED) is 0.341. The zero-order chi connectivity index (χ0) is 22.7.